The first-order valence-corrected chi connectivity index (χ1v) is 9.74. The first-order chi connectivity index (χ1) is 12.7. The maximum atomic E-state index is 12.8. The Labute approximate surface area is 155 Å². The summed E-state index contributed by atoms with van der Waals surface area (Å²) in [7, 11) is -3.89. The Kier molecular flexibility index (Phi) is 4.79. The third kappa shape index (κ3) is 3.72. The van der Waals surface area contributed by atoms with Gasteiger partial charge in [-0.15, -0.1) is 0 Å². The second-order valence-electron chi connectivity index (χ2n) is 6.06. The van der Waals surface area contributed by atoms with E-state index in [4.69, 9.17) is 4.42 Å². The number of hydrogen-bond acceptors (Lipinski definition) is 5. The van der Waals surface area contributed by atoms with Gasteiger partial charge < -0.3 is 9.73 Å². The van der Waals surface area contributed by atoms with Crippen LogP contribution in [0.25, 0.3) is 11.1 Å². The number of amides is 1. The molecule has 9 heteroatoms. The summed E-state index contributed by atoms with van der Waals surface area (Å²) in [6, 6.07) is 9.25. The molecule has 0 radical (unpaired) electrons. The van der Waals surface area contributed by atoms with Crippen LogP contribution in [0.4, 0.5) is 11.4 Å². The molecule has 0 fully saturated rings. The number of aromatic nitrogens is 1. The summed E-state index contributed by atoms with van der Waals surface area (Å²) >= 11 is 0. The van der Waals surface area contributed by atoms with Crippen molar-refractivity contribution < 1.29 is 17.6 Å². The maximum absolute atomic E-state index is 12.8. The van der Waals surface area contributed by atoms with E-state index in [2.05, 4.69) is 10.0 Å². The molecule has 0 spiro atoms. The Hall–Kier alpha value is -3.07. The molecular weight excluding hydrogens is 370 g/mol. The summed E-state index contributed by atoms with van der Waals surface area (Å²) in [5.74, 6) is -0.740. The third-order valence-electron chi connectivity index (χ3n) is 4.03. The van der Waals surface area contributed by atoms with Gasteiger partial charge in [0, 0.05) is 30.9 Å². The molecule has 0 aliphatic carbocycles. The predicted molar refractivity (Wildman–Crippen MR) is 102 cm³/mol. The average Bonchev–Trinajstić information content (AvgIpc) is 2.89. The number of nitrogens with zero attached hydrogens (tertiary/aromatic N) is 1. The number of aryl methyl sites for hydroxylation is 2. The smallest absolute Gasteiger partial charge is 0.408 e. The monoisotopic (exact) mass is 389 g/mol. The standard InChI is InChI=1S/C18H19N3O5S/c1-4-21-15-9-11(2)17(10-16(15)26-18(21)23)27(24,25)20-14-7-5-13(6-8-14)19-12(3)22/h5-10,20H,4H2,1-3H3,(H,19,22). The van der Waals surface area contributed by atoms with Gasteiger partial charge in [-0.25, -0.2) is 13.2 Å². The van der Waals surface area contributed by atoms with Gasteiger partial charge in [0.1, 0.15) is 0 Å². The molecule has 0 atom stereocenters. The van der Waals surface area contributed by atoms with Crippen molar-refractivity contribution in [2.24, 2.45) is 0 Å². The number of oxazole rings is 1. The van der Waals surface area contributed by atoms with Gasteiger partial charge in [0.15, 0.2) is 5.58 Å². The van der Waals surface area contributed by atoms with E-state index in [1.807, 2.05) is 6.92 Å². The molecule has 0 bridgehead atoms. The Morgan fingerprint density at radius 3 is 2.37 bits per heavy atom. The quantitative estimate of drug-likeness (QED) is 0.697. The molecule has 1 heterocycles. The van der Waals surface area contributed by atoms with Gasteiger partial charge in [-0.2, -0.15) is 0 Å². The summed E-state index contributed by atoms with van der Waals surface area (Å²) in [6.07, 6.45) is 0. The third-order valence-corrected chi connectivity index (χ3v) is 5.55. The van der Waals surface area contributed by atoms with Crippen LogP contribution in [-0.4, -0.2) is 18.9 Å². The first-order valence-electron chi connectivity index (χ1n) is 8.25. The zero-order chi connectivity index (χ0) is 19.8. The summed E-state index contributed by atoms with van der Waals surface area (Å²) < 4.78 is 34.7. The van der Waals surface area contributed by atoms with Crippen molar-refractivity contribution in [2.45, 2.75) is 32.2 Å². The number of hydrogen-bond donors (Lipinski definition) is 2. The Morgan fingerprint density at radius 2 is 1.78 bits per heavy atom. The van der Waals surface area contributed by atoms with E-state index in [0.29, 0.717) is 29.0 Å². The minimum atomic E-state index is -3.89. The number of sulfonamides is 1. The largest absolute Gasteiger partial charge is 0.419 e. The highest BCUT2D eigenvalue weighted by molar-refractivity contribution is 7.92. The molecule has 1 aromatic heterocycles. The van der Waals surface area contributed by atoms with E-state index in [9.17, 15) is 18.0 Å². The highest BCUT2D eigenvalue weighted by Gasteiger charge is 2.20. The summed E-state index contributed by atoms with van der Waals surface area (Å²) in [5, 5.41) is 2.61. The number of nitrogens with one attached hydrogen (secondary N) is 2. The molecule has 0 unspecified atom stereocenters. The van der Waals surface area contributed by atoms with Crippen LogP contribution in [0.15, 0.2) is 50.5 Å². The lowest BCUT2D eigenvalue weighted by atomic mass is 10.2. The van der Waals surface area contributed by atoms with Crippen molar-refractivity contribution >= 4 is 38.4 Å². The Balaban J connectivity index is 1.96. The normalized spacial score (nSPS) is 11.5. The SMILES string of the molecule is CCn1c(=O)oc2cc(S(=O)(=O)Nc3ccc(NC(C)=O)cc3)c(C)cc21. The van der Waals surface area contributed by atoms with Gasteiger partial charge in [0.2, 0.25) is 5.91 Å². The molecule has 3 rings (SSSR count). The van der Waals surface area contributed by atoms with Gasteiger partial charge in [0.05, 0.1) is 10.4 Å². The maximum Gasteiger partial charge on any atom is 0.419 e. The Bertz CT molecular complexity index is 1170. The molecule has 0 saturated carbocycles. The van der Waals surface area contributed by atoms with Crippen LogP contribution in [0.2, 0.25) is 0 Å². The average molecular weight is 389 g/mol. The van der Waals surface area contributed by atoms with E-state index in [-0.39, 0.29) is 16.4 Å². The summed E-state index contributed by atoms with van der Waals surface area (Å²) in [6.45, 7) is 5.28. The van der Waals surface area contributed by atoms with Crippen molar-refractivity contribution in [1.29, 1.82) is 0 Å². The van der Waals surface area contributed by atoms with Gasteiger partial charge in [-0.05, 0) is 49.7 Å². The van der Waals surface area contributed by atoms with E-state index in [1.165, 1.54) is 17.6 Å². The lowest BCUT2D eigenvalue weighted by Gasteiger charge is -2.11. The number of carbonyl (C=O) groups excluding carboxylic acids is 1. The minimum Gasteiger partial charge on any atom is -0.408 e. The van der Waals surface area contributed by atoms with Crippen molar-refractivity contribution in [3.05, 3.63) is 52.5 Å². The van der Waals surface area contributed by atoms with Crippen LogP contribution in [0.1, 0.15) is 19.4 Å². The van der Waals surface area contributed by atoms with Crippen molar-refractivity contribution in [3.8, 4) is 0 Å². The first kappa shape index (κ1) is 18.7. The zero-order valence-corrected chi connectivity index (χ0v) is 15.9. The van der Waals surface area contributed by atoms with Crippen molar-refractivity contribution in [3.63, 3.8) is 0 Å². The molecule has 0 aliphatic heterocycles. The fourth-order valence-electron chi connectivity index (χ4n) is 2.82. The summed E-state index contributed by atoms with van der Waals surface area (Å²) in [5.41, 5.74) is 2.17. The molecule has 3 aromatic rings. The van der Waals surface area contributed by atoms with Gasteiger partial charge in [0.25, 0.3) is 10.0 Å². The van der Waals surface area contributed by atoms with Crippen LogP contribution in [0.3, 0.4) is 0 Å². The Morgan fingerprint density at radius 1 is 1.15 bits per heavy atom. The lowest BCUT2D eigenvalue weighted by molar-refractivity contribution is -0.114. The van der Waals surface area contributed by atoms with Gasteiger partial charge in [-0.3, -0.25) is 14.1 Å². The van der Waals surface area contributed by atoms with E-state index in [1.54, 1.807) is 37.3 Å². The highest BCUT2D eigenvalue weighted by atomic mass is 32.2. The van der Waals surface area contributed by atoms with E-state index in [0.717, 1.165) is 0 Å². The number of rotatable bonds is 5. The fraction of sp³-hybridized carbons (Fsp3) is 0.222. The highest BCUT2D eigenvalue weighted by Crippen LogP contribution is 2.25. The second-order valence-corrected chi connectivity index (χ2v) is 7.71. The van der Waals surface area contributed by atoms with Crippen molar-refractivity contribution in [1.82, 2.24) is 4.57 Å². The van der Waals surface area contributed by atoms with Crippen LogP contribution in [-0.2, 0) is 21.4 Å². The fourth-order valence-corrected chi connectivity index (χ4v) is 4.12. The number of carbonyl (C=O) groups is 1. The van der Waals surface area contributed by atoms with Gasteiger partial charge >= 0.3 is 5.76 Å². The van der Waals surface area contributed by atoms with E-state index >= 15 is 0 Å². The lowest BCUT2D eigenvalue weighted by Crippen LogP contribution is -2.15. The molecule has 0 aliphatic rings. The molecule has 2 aromatic carbocycles. The topological polar surface area (TPSA) is 110 Å². The van der Waals surface area contributed by atoms with Crippen LogP contribution < -0.4 is 15.8 Å². The molecule has 8 nitrogen and oxygen atoms in total. The predicted octanol–water partition coefficient (Wildman–Crippen LogP) is 2.68. The van der Waals surface area contributed by atoms with Crippen molar-refractivity contribution in [2.75, 3.05) is 10.0 Å². The zero-order valence-electron chi connectivity index (χ0n) is 15.1. The van der Waals surface area contributed by atoms with E-state index < -0.39 is 15.8 Å². The second kappa shape index (κ2) is 6.92. The molecular formula is C18H19N3O5S. The number of benzene rings is 2. The number of fused-ring (bicyclic) bond motifs is 1. The molecule has 2 N–H and O–H groups in total. The minimum absolute atomic E-state index is 0.0259. The molecule has 0 saturated heterocycles. The van der Waals surface area contributed by atoms with Gasteiger partial charge in [-0.1, -0.05) is 0 Å². The number of anilines is 2. The van der Waals surface area contributed by atoms with Crippen LogP contribution >= 0.6 is 0 Å². The molecule has 142 valence electrons. The van der Waals surface area contributed by atoms with Crippen LogP contribution in [0, 0.1) is 6.92 Å². The molecule has 27 heavy (non-hydrogen) atoms. The summed E-state index contributed by atoms with van der Waals surface area (Å²) in [4.78, 5) is 22.9. The van der Waals surface area contributed by atoms with Crippen LogP contribution in [0.5, 0.6) is 0 Å². The molecule has 1 amide bonds.